The highest BCUT2D eigenvalue weighted by atomic mass is 16.4. The van der Waals surface area contributed by atoms with E-state index < -0.39 is 11.9 Å². The van der Waals surface area contributed by atoms with E-state index in [2.05, 4.69) is 20.9 Å². The fraction of sp³-hybridized carbons (Fsp3) is 0.500. The van der Waals surface area contributed by atoms with Gasteiger partial charge < -0.3 is 15.7 Å². The van der Waals surface area contributed by atoms with E-state index in [1.807, 2.05) is 6.92 Å². The standard InChI is InChI=1S/C10H15N5O4/c1-2-3-11-8(16)4-12-10(19)7-5-15(14-13-7)6-9(17)18/h5H,2-4,6H2,1H3,(H,11,16)(H,12,19)(H,17,18). The number of aromatic nitrogens is 3. The largest absolute Gasteiger partial charge is 0.480 e. The Kier molecular flexibility index (Phi) is 5.45. The topological polar surface area (TPSA) is 126 Å². The van der Waals surface area contributed by atoms with Gasteiger partial charge in [-0.1, -0.05) is 12.1 Å². The molecule has 0 unspecified atom stereocenters. The Bertz CT molecular complexity index is 470. The molecule has 9 heteroatoms. The summed E-state index contributed by atoms with van der Waals surface area (Å²) in [5.41, 5.74) is -0.0375. The first-order chi connectivity index (χ1) is 9.02. The van der Waals surface area contributed by atoms with Crippen molar-refractivity contribution in [1.29, 1.82) is 0 Å². The molecule has 0 bridgehead atoms. The van der Waals surface area contributed by atoms with E-state index >= 15 is 0 Å². The van der Waals surface area contributed by atoms with Crippen molar-refractivity contribution < 1.29 is 19.5 Å². The molecule has 1 aromatic heterocycles. The van der Waals surface area contributed by atoms with Gasteiger partial charge in [-0.25, -0.2) is 4.68 Å². The van der Waals surface area contributed by atoms with Crippen LogP contribution in [0.1, 0.15) is 23.8 Å². The highest BCUT2D eigenvalue weighted by Gasteiger charge is 2.12. The van der Waals surface area contributed by atoms with Gasteiger partial charge in [-0.2, -0.15) is 0 Å². The van der Waals surface area contributed by atoms with E-state index in [0.717, 1.165) is 11.1 Å². The van der Waals surface area contributed by atoms with Crippen molar-refractivity contribution in [1.82, 2.24) is 25.6 Å². The van der Waals surface area contributed by atoms with Crippen LogP contribution in [0, 0.1) is 0 Å². The van der Waals surface area contributed by atoms with Crippen molar-refractivity contribution in [2.75, 3.05) is 13.1 Å². The molecule has 1 heterocycles. The number of nitrogens with zero attached hydrogens (tertiary/aromatic N) is 3. The van der Waals surface area contributed by atoms with Crippen molar-refractivity contribution in [3.63, 3.8) is 0 Å². The van der Waals surface area contributed by atoms with Gasteiger partial charge in [-0.3, -0.25) is 14.4 Å². The van der Waals surface area contributed by atoms with Crippen molar-refractivity contribution in [3.8, 4) is 0 Å². The molecule has 1 rings (SSSR count). The molecule has 0 aliphatic heterocycles. The summed E-state index contributed by atoms with van der Waals surface area (Å²) in [6, 6.07) is 0. The third-order valence-corrected chi connectivity index (χ3v) is 2.05. The summed E-state index contributed by atoms with van der Waals surface area (Å²) < 4.78 is 1.02. The van der Waals surface area contributed by atoms with E-state index in [-0.39, 0.29) is 24.7 Å². The lowest BCUT2D eigenvalue weighted by Gasteiger charge is -2.03. The van der Waals surface area contributed by atoms with Gasteiger partial charge in [0.05, 0.1) is 12.7 Å². The second-order valence-corrected chi connectivity index (χ2v) is 3.73. The molecule has 1 aromatic rings. The van der Waals surface area contributed by atoms with E-state index in [1.165, 1.54) is 6.20 Å². The summed E-state index contributed by atoms with van der Waals surface area (Å²) in [6.45, 7) is 1.92. The fourth-order valence-electron chi connectivity index (χ4n) is 1.20. The summed E-state index contributed by atoms with van der Waals surface area (Å²) in [5, 5.41) is 20.5. The van der Waals surface area contributed by atoms with Crippen LogP contribution in [0.25, 0.3) is 0 Å². The van der Waals surface area contributed by atoms with Crippen molar-refractivity contribution >= 4 is 17.8 Å². The minimum atomic E-state index is -1.09. The molecule has 0 saturated carbocycles. The summed E-state index contributed by atoms with van der Waals surface area (Å²) in [6.07, 6.45) is 2.01. The number of aliphatic carboxylic acids is 1. The molecule has 0 saturated heterocycles. The maximum absolute atomic E-state index is 11.6. The minimum Gasteiger partial charge on any atom is -0.480 e. The van der Waals surface area contributed by atoms with Crippen LogP contribution in [0.3, 0.4) is 0 Å². The number of amides is 2. The molecule has 0 radical (unpaired) electrons. The van der Waals surface area contributed by atoms with Gasteiger partial charge in [0.2, 0.25) is 5.91 Å². The molecule has 0 fully saturated rings. The van der Waals surface area contributed by atoms with Crippen LogP contribution in [-0.2, 0) is 16.1 Å². The monoisotopic (exact) mass is 269 g/mol. The molecule has 0 aliphatic rings. The second-order valence-electron chi connectivity index (χ2n) is 3.73. The highest BCUT2D eigenvalue weighted by Crippen LogP contribution is 1.92. The zero-order valence-corrected chi connectivity index (χ0v) is 10.4. The van der Waals surface area contributed by atoms with Crippen LogP contribution in [0.5, 0.6) is 0 Å². The molecule has 104 valence electrons. The quantitative estimate of drug-likeness (QED) is 0.560. The first-order valence-electron chi connectivity index (χ1n) is 5.69. The average molecular weight is 269 g/mol. The Hall–Kier alpha value is -2.45. The molecule has 9 nitrogen and oxygen atoms in total. The van der Waals surface area contributed by atoms with Gasteiger partial charge in [0, 0.05) is 6.54 Å². The average Bonchev–Trinajstić information content (AvgIpc) is 2.81. The predicted molar refractivity (Wildman–Crippen MR) is 63.3 cm³/mol. The molecule has 0 atom stereocenters. The number of carbonyl (C=O) groups excluding carboxylic acids is 2. The molecule has 2 amide bonds. The first-order valence-corrected chi connectivity index (χ1v) is 5.69. The van der Waals surface area contributed by atoms with E-state index in [4.69, 9.17) is 5.11 Å². The second kappa shape index (κ2) is 7.09. The predicted octanol–water partition coefficient (Wildman–Crippen LogP) is -1.38. The van der Waals surface area contributed by atoms with Gasteiger partial charge in [0.25, 0.3) is 5.91 Å². The van der Waals surface area contributed by atoms with Gasteiger partial charge in [0.1, 0.15) is 6.54 Å². The van der Waals surface area contributed by atoms with Crippen LogP contribution in [0.4, 0.5) is 0 Å². The lowest BCUT2D eigenvalue weighted by molar-refractivity contribution is -0.137. The third kappa shape index (κ3) is 5.15. The van der Waals surface area contributed by atoms with Crippen LogP contribution in [0.2, 0.25) is 0 Å². The Labute approximate surface area is 109 Å². The zero-order valence-electron chi connectivity index (χ0n) is 10.4. The number of carboxylic acid groups (broad SMARTS) is 1. The Morgan fingerprint density at radius 3 is 2.74 bits per heavy atom. The molecule has 0 aromatic carbocycles. The van der Waals surface area contributed by atoms with Crippen molar-refractivity contribution in [2.24, 2.45) is 0 Å². The number of carbonyl (C=O) groups is 3. The van der Waals surface area contributed by atoms with Crippen LogP contribution >= 0.6 is 0 Å². The van der Waals surface area contributed by atoms with Crippen LogP contribution in [-0.4, -0.2) is 51.0 Å². The molecular formula is C10H15N5O4. The Balaban J connectivity index is 2.43. The highest BCUT2D eigenvalue weighted by molar-refractivity contribution is 5.94. The van der Waals surface area contributed by atoms with Crippen LogP contribution in [0.15, 0.2) is 6.20 Å². The van der Waals surface area contributed by atoms with Gasteiger partial charge in [-0.15, -0.1) is 5.10 Å². The SMILES string of the molecule is CCCNC(=O)CNC(=O)c1cn(CC(=O)O)nn1. The number of hydrogen-bond acceptors (Lipinski definition) is 5. The molecule has 0 spiro atoms. The maximum Gasteiger partial charge on any atom is 0.325 e. The van der Waals surface area contributed by atoms with E-state index in [9.17, 15) is 14.4 Å². The maximum atomic E-state index is 11.6. The molecule has 3 N–H and O–H groups in total. The third-order valence-electron chi connectivity index (χ3n) is 2.05. The fourth-order valence-corrected chi connectivity index (χ4v) is 1.20. The number of rotatable bonds is 7. The van der Waals surface area contributed by atoms with Gasteiger partial charge >= 0.3 is 5.97 Å². The number of hydrogen-bond donors (Lipinski definition) is 3. The molecule has 19 heavy (non-hydrogen) atoms. The van der Waals surface area contributed by atoms with E-state index in [0.29, 0.717) is 6.54 Å². The first kappa shape index (κ1) is 14.6. The summed E-state index contributed by atoms with van der Waals surface area (Å²) in [4.78, 5) is 33.2. The van der Waals surface area contributed by atoms with Crippen molar-refractivity contribution in [3.05, 3.63) is 11.9 Å². The molecular weight excluding hydrogens is 254 g/mol. The number of carboxylic acids is 1. The lowest BCUT2D eigenvalue weighted by Crippen LogP contribution is -2.37. The Morgan fingerprint density at radius 2 is 2.11 bits per heavy atom. The summed E-state index contributed by atoms with van der Waals surface area (Å²) in [7, 11) is 0. The Morgan fingerprint density at radius 1 is 1.37 bits per heavy atom. The van der Waals surface area contributed by atoms with Crippen LogP contribution < -0.4 is 10.6 Å². The number of nitrogens with one attached hydrogen (secondary N) is 2. The molecule has 0 aliphatic carbocycles. The summed E-state index contributed by atoms with van der Waals surface area (Å²) in [5.74, 6) is -1.97. The van der Waals surface area contributed by atoms with Gasteiger partial charge in [0.15, 0.2) is 5.69 Å². The lowest BCUT2D eigenvalue weighted by atomic mass is 10.4. The minimum absolute atomic E-state index is 0.0375. The summed E-state index contributed by atoms with van der Waals surface area (Å²) >= 11 is 0. The van der Waals surface area contributed by atoms with Crippen molar-refractivity contribution in [2.45, 2.75) is 19.9 Å². The zero-order chi connectivity index (χ0) is 14.3. The smallest absolute Gasteiger partial charge is 0.325 e. The van der Waals surface area contributed by atoms with Gasteiger partial charge in [-0.05, 0) is 6.42 Å². The van der Waals surface area contributed by atoms with E-state index in [1.54, 1.807) is 0 Å². The normalized spacial score (nSPS) is 9.95.